The zero-order valence-electron chi connectivity index (χ0n) is 18.1. The Hall–Kier alpha value is -2.68. The molecule has 0 bridgehead atoms. The Bertz CT molecular complexity index is 1050. The third-order valence-electron chi connectivity index (χ3n) is 5.13. The summed E-state index contributed by atoms with van der Waals surface area (Å²) < 4.78 is 0. The maximum atomic E-state index is 5.04. The minimum atomic E-state index is -0.107. The second-order valence-electron chi connectivity index (χ2n) is 9.49. The molecular formula is C25H31N3. The molecule has 3 aromatic rings. The van der Waals surface area contributed by atoms with E-state index in [0.717, 1.165) is 22.4 Å². The van der Waals surface area contributed by atoms with E-state index in [0.29, 0.717) is 0 Å². The number of hydrogen-bond donors (Lipinski definition) is 1. The number of aryl methyl sites for hydroxylation is 1. The number of rotatable bonds is 3. The molecule has 3 nitrogen and oxygen atoms in total. The van der Waals surface area contributed by atoms with Gasteiger partial charge in [0, 0.05) is 11.8 Å². The third-order valence-corrected chi connectivity index (χ3v) is 5.13. The fourth-order valence-corrected chi connectivity index (χ4v) is 3.73. The summed E-state index contributed by atoms with van der Waals surface area (Å²) in [5.41, 5.74) is 8.47. The van der Waals surface area contributed by atoms with Gasteiger partial charge in [-0.3, -0.25) is 4.99 Å². The predicted molar refractivity (Wildman–Crippen MR) is 122 cm³/mol. The van der Waals surface area contributed by atoms with Gasteiger partial charge in [0.15, 0.2) is 0 Å². The van der Waals surface area contributed by atoms with Crippen molar-refractivity contribution in [2.45, 2.75) is 53.9 Å². The van der Waals surface area contributed by atoms with Gasteiger partial charge >= 0.3 is 0 Å². The first-order valence-electron chi connectivity index (χ1n) is 9.80. The van der Waals surface area contributed by atoms with Crippen LogP contribution in [0.15, 0.2) is 47.6 Å². The van der Waals surface area contributed by atoms with Crippen LogP contribution < -0.4 is 0 Å². The zero-order valence-corrected chi connectivity index (χ0v) is 18.1. The first-order chi connectivity index (χ1) is 13.0. The number of fused-ring (bicyclic) bond motifs is 1. The first kappa shape index (κ1) is 20.1. The number of pyridine rings is 1. The van der Waals surface area contributed by atoms with E-state index in [-0.39, 0.29) is 10.8 Å². The molecule has 1 N–H and O–H groups in total. The molecule has 0 aliphatic heterocycles. The molecule has 0 spiro atoms. The number of H-pyrrole nitrogens is 1. The van der Waals surface area contributed by atoms with Gasteiger partial charge in [-0.1, -0.05) is 65.8 Å². The van der Waals surface area contributed by atoms with Crippen molar-refractivity contribution in [3.05, 3.63) is 65.0 Å². The van der Waals surface area contributed by atoms with Crippen LogP contribution in [0.25, 0.3) is 22.3 Å². The van der Waals surface area contributed by atoms with Crippen LogP contribution in [0.3, 0.4) is 0 Å². The number of nitrogens with zero attached hydrogens (tertiary/aromatic N) is 2. The van der Waals surface area contributed by atoms with Gasteiger partial charge in [0.1, 0.15) is 0 Å². The summed E-state index contributed by atoms with van der Waals surface area (Å²) in [6.45, 7) is 19.3. The Labute approximate surface area is 168 Å². The molecule has 1 aromatic carbocycles. The van der Waals surface area contributed by atoms with E-state index in [1.165, 1.54) is 22.3 Å². The van der Waals surface area contributed by atoms with Gasteiger partial charge in [-0.15, -0.1) is 0 Å². The zero-order chi connectivity index (χ0) is 20.7. The number of aromatic nitrogens is 2. The van der Waals surface area contributed by atoms with E-state index in [1.807, 2.05) is 6.07 Å². The molecule has 0 saturated carbocycles. The second-order valence-corrected chi connectivity index (χ2v) is 9.49. The summed E-state index contributed by atoms with van der Waals surface area (Å²) in [7, 11) is 0. The quantitative estimate of drug-likeness (QED) is 0.505. The molecule has 3 rings (SSSR count). The highest BCUT2D eigenvalue weighted by Gasteiger charge is 2.26. The molecule has 2 heterocycles. The van der Waals surface area contributed by atoms with E-state index in [2.05, 4.69) is 102 Å². The van der Waals surface area contributed by atoms with Gasteiger partial charge in [0.2, 0.25) is 0 Å². The highest BCUT2D eigenvalue weighted by atomic mass is 14.8. The molecule has 0 radical (unpaired) electrons. The lowest BCUT2D eigenvalue weighted by Gasteiger charge is -2.27. The fraction of sp³-hybridized carbons (Fsp3) is 0.360. The summed E-state index contributed by atoms with van der Waals surface area (Å²) in [6.07, 6.45) is 2.07. The van der Waals surface area contributed by atoms with Crippen LogP contribution in [0.1, 0.15) is 63.9 Å². The monoisotopic (exact) mass is 373 g/mol. The van der Waals surface area contributed by atoms with Gasteiger partial charge in [-0.25, -0.2) is 4.98 Å². The number of benzene rings is 1. The standard InChI is InChI=1S/C25H31N3/c1-16-11-9-10-12-17(16)21(25(5,6)7)23(26-8)20-14-13-19-22(28-20)18(15-27-19)24(2,3)4/h9-15,27H,8H2,1-7H3/b23-21+. The van der Waals surface area contributed by atoms with Gasteiger partial charge in [-0.2, -0.15) is 0 Å². The summed E-state index contributed by atoms with van der Waals surface area (Å²) >= 11 is 0. The lowest BCUT2D eigenvalue weighted by Crippen LogP contribution is -2.13. The lowest BCUT2D eigenvalue weighted by atomic mass is 9.79. The van der Waals surface area contributed by atoms with Crippen molar-refractivity contribution in [3.63, 3.8) is 0 Å². The average Bonchev–Trinajstić information content (AvgIpc) is 3.03. The predicted octanol–water partition coefficient (Wildman–Crippen LogP) is 6.78. The van der Waals surface area contributed by atoms with E-state index < -0.39 is 0 Å². The van der Waals surface area contributed by atoms with Gasteiger partial charge < -0.3 is 4.98 Å². The number of aromatic amines is 1. The fourth-order valence-electron chi connectivity index (χ4n) is 3.73. The van der Waals surface area contributed by atoms with Gasteiger partial charge in [-0.05, 0) is 53.3 Å². The van der Waals surface area contributed by atoms with Crippen molar-refractivity contribution >= 4 is 29.0 Å². The van der Waals surface area contributed by atoms with Crippen molar-refractivity contribution in [2.24, 2.45) is 10.4 Å². The van der Waals surface area contributed by atoms with Crippen molar-refractivity contribution in [1.29, 1.82) is 0 Å². The van der Waals surface area contributed by atoms with Crippen molar-refractivity contribution < 1.29 is 0 Å². The minimum Gasteiger partial charge on any atom is -0.360 e. The Morgan fingerprint density at radius 3 is 2.25 bits per heavy atom. The molecule has 3 heteroatoms. The van der Waals surface area contributed by atoms with Crippen LogP contribution in [0, 0.1) is 12.3 Å². The van der Waals surface area contributed by atoms with Crippen molar-refractivity contribution in [3.8, 4) is 0 Å². The molecular weight excluding hydrogens is 342 g/mol. The number of nitrogens with one attached hydrogen (secondary N) is 1. The molecule has 146 valence electrons. The summed E-state index contributed by atoms with van der Waals surface area (Å²) in [5.74, 6) is 0. The Balaban J connectivity index is 2.34. The molecule has 0 aliphatic carbocycles. The average molecular weight is 374 g/mol. The summed E-state index contributed by atoms with van der Waals surface area (Å²) in [6, 6.07) is 12.6. The normalized spacial score (nSPS) is 13.5. The Morgan fingerprint density at radius 2 is 1.68 bits per heavy atom. The molecule has 0 atom stereocenters. The molecule has 2 aromatic heterocycles. The molecule has 0 amide bonds. The SMILES string of the molecule is C=N/C(=C(\c1ccccc1C)C(C)(C)C)c1ccc2[nH]cc(C(C)(C)C)c2n1. The topological polar surface area (TPSA) is 41.0 Å². The van der Waals surface area contributed by atoms with Crippen LogP contribution in [0.2, 0.25) is 0 Å². The molecule has 0 aliphatic rings. The molecule has 0 unspecified atom stereocenters. The van der Waals surface area contributed by atoms with Crippen LogP contribution in [0.5, 0.6) is 0 Å². The van der Waals surface area contributed by atoms with Crippen LogP contribution in [-0.4, -0.2) is 16.7 Å². The smallest absolute Gasteiger partial charge is 0.0924 e. The van der Waals surface area contributed by atoms with Crippen molar-refractivity contribution in [1.82, 2.24) is 9.97 Å². The number of hydrogen-bond acceptors (Lipinski definition) is 2. The number of allylic oxidation sites excluding steroid dienone is 1. The Kier molecular flexibility index (Phi) is 5.05. The third kappa shape index (κ3) is 3.66. The van der Waals surface area contributed by atoms with E-state index in [9.17, 15) is 0 Å². The number of aliphatic imine (C=N–C) groups is 1. The minimum absolute atomic E-state index is 0.0121. The van der Waals surface area contributed by atoms with Crippen LogP contribution in [-0.2, 0) is 5.41 Å². The van der Waals surface area contributed by atoms with E-state index in [4.69, 9.17) is 4.98 Å². The highest BCUT2D eigenvalue weighted by Crippen LogP contribution is 2.41. The molecule has 0 saturated heterocycles. The van der Waals surface area contributed by atoms with Gasteiger partial charge in [0.05, 0.1) is 22.4 Å². The second kappa shape index (κ2) is 7.05. The van der Waals surface area contributed by atoms with Crippen LogP contribution in [0.4, 0.5) is 0 Å². The van der Waals surface area contributed by atoms with Crippen molar-refractivity contribution in [2.75, 3.05) is 0 Å². The largest absolute Gasteiger partial charge is 0.360 e. The first-order valence-corrected chi connectivity index (χ1v) is 9.80. The lowest BCUT2D eigenvalue weighted by molar-refractivity contribution is 0.567. The maximum Gasteiger partial charge on any atom is 0.0924 e. The van der Waals surface area contributed by atoms with E-state index >= 15 is 0 Å². The Morgan fingerprint density at radius 1 is 1.00 bits per heavy atom. The van der Waals surface area contributed by atoms with E-state index in [1.54, 1.807) is 0 Å². The molecule has 0 fully saturated rings. The van der Waals surface area contributed by atoms with Crippen LogP contribution >= 0.6 is 0 Å². The summed E-state index contributed by atoms with van der Waals surface area (Å²) in [4.78, 5) is 12.9. The summed E-state index contributed by atoms with van der Waals surface area (Å²) in [5, 5.41) is 0. The molecule has 28 heavy (non-hydrogen) atoms. The highest BCUT2D eigenvalue weighted by molar-refractivity contribution is 5.94. The van der Waals surface area contributed by atoms with Gasteiger partial charge in [0.25, 0.3) is 0 Å². The maximum absolute atomic E-state index is 5.04.